The molecular weight excluding hydrogens is 641 g/mol. The number of hydrogen-bond acceptors (Lipinski definition) is 10. The molecule has 1 aliphatic heterocycles. The van der Waals surface area contributed by atoms with E-state index in [4.69, 9.17) is 23.2 Å². The van der Waals surface area contributed by atoms with Gasteiger partial charge in [-0.3, -0.25) is 24.3 Å². The van der Waals surface area contributed by atoms with Crippen LogP contribution < -0.4 is 0 Å². The van der Waals surface area contributed by atoms with E-state index in [1.807, 2.05) is 12.4 Å². The fourth-order valence-electron chi connectivity index (χ4n) is 4.44. The Morgan fingerprint density at radius 3 is 1.70 bits per heavy atom. The predicted molar refractivity (Wildman–Crippen MR) is 193 cm³/mol. The summed E-state index contributed by atoms with van der Waals surface area (Å²) in [5.41, 5.74) is 7.02. The van der Waals surface area contributed by atoms with E-state index in [0.717, 1.165) is 43.0 Å². The Hall–Kier alpha value is -3.10. The number of hydrogen-bond donors (Lipinski definition) is 1. The fourth-order valence-corrected chi connectivity index (χ4v) is 4.44. The number of carbonyl (C=O) groups is 2. The number of rotatable bonds is 8. The van der Waals surface area contributed by atoms with Gasteiger partial charge in [0.25, 0.3) is 0 Å². The van der Waals surface area contributed by atoms with Gasteiger partial charge in [0.2, 0.25) is 0 Å². The molecule has 0 aliphatic carbocycles. The first kappa shape index (κ1) is 41.9. The normalized spacial score (nSPS) is 12.4. The standard InChI is InChI=1S/C13H20N4.C10H13N3.C5H14N2.C4H4O3.CH2Cl2/c1-15(2)8-11-5-6-13-12(7-11)14-9-17(13)10-16(3)4;1-13(2)6-8-3-4-9-10(5-8)12-7-11-9;1-6(2)5-7(3)4;5-3-1-2-4(6)7-3;2-1-3/h5-7,9H,8,10H2,1-4H3;3-5,7H,6H2,1-2H3,(H,11,12);5H2,1-4H3;1-2H2;1H2. The lowest BCUT2D eigenvalue weighted by Crippen LogP contribution is -2.26. The molecule has 1 N–H and O–H groups in total. The molecule has 1 saturated heterocycles. The fraction of sp³-hybridized carbons (Fsp3) is 0.515. The summed E-state index contributed by atoms with van der Waals surface area (Å²) < 4.78 is 6.24. The van der Waals surface area contributed by atoms with Gasteiger partial charge in [-0.1, -0.05) is 12.1 Å². The number of H-pyrrole nitrogens is 1. The summed E-state index contributed by atoms with van der Waals surface area (Å²) in [6.45, 7) is 3.81. The number of nitrogens with zero attached hydrogens (tertiary/aromatic N) is 8. The number of aromatic amines is 1. The SMILES string of the molecule is CN(C)CN(C)C.CN(C)Cc1ccc2c(c1)ncn2CN(C)C.CN(C)Cc1ccc2nc[nH]c2c1.ClCCl.O=C1CCC(=O)O1. The van der Waals surface area contributed by atoms with Crippen LogP contribution in [0.5, 0.6) is 0 Å². The van der Waals surface area contributed by atoms with Crippen molar-refractivity contribution in [1.29, 1.82) is 0 Å². The van der Waals surface area contributed by atoms with E-state index in [-0.39, 0.29) is 18.2 Å². The molecule has 0 atom stereocenters. The number of aromatic nitrogens is 4. The van der Waals surface area contributed by atoms with Crippen LogP contribution in [0.15, 0.2) is 49.1 Å². The Labute approximate surface area is 290 Å². The van der Waals surface area contributed by atoms with Gasteiger partial charge in [-0.05, 0) is 106 Å². The number of esters is 2. The van der Waals surface area contributed by atoms with Crippen LogP contribution >= 0.6 is 23.2 Å². The highest BCUT2D eigenvalue weighted by molar-refractivity contribution is 6.40. The first-order chi connectivity index (χ1) is 22.1. The van der Waals surface area contributed by atoms with Gasteiger partial charge in [0.15, 0.2) is 0 Å². The number of alkyl halides is 2. The number of fused-ring (bicyclic) bond motifs is 2. The first-order valence-corrected chi connectivity index (χ1v) is 16.2. The molecule has 4 aromatic rings. The van der Waals surface area contributed by atoms with Crippen molar-refractivity contribution in [2.75, 3.05) is 82.5 Å². The molecule has 3 heterocycles. The smallest absolute Gasteiger partial charge is 0.314 e. The van der Waals surface area contributed by atoms with E-state index in [9.17, 15) is 9.59 Å². The van der Waals surface area contributed by atoms with E-state index in [1.165, 1.54) is 16.6 Å². The lowest BCUT2D eigenvalue weighted by molar-refractivity contribution is -0.151. The Morgan fingerprint density at radius 2 is 1.26 bits per heavy atom. The van der Waals surface area contributed by atoms with Gasteiger partial charge in [0, 0.05) is 19.8 Å². The van der Waals surface area contributed by atoms with E-state index in [1.54, 1.807) is 6.33 Å². The Kier molecular flexibility index (Phi) is 20.0. The van der Waals surface area contributed by atoms with Crippen LogP contribution in [-0.4, -0.2) is 138 Å². The van der Waals surface area contributed by atoms with Crippen molar-refractivity contribution in [2.45, 2.75) is 32.6 Å². The van der Waals surface area contributed by atoms with E-state index in [0.29, 0.717) is 0 Å². The highest BCUT2D eigenvalue weighted by Crippen LogP contribution is 2.16. The predicted octanol–water partition coefficient (Wildman–Crippen LogP) is 4.58. The molecule has 14 heteroatoms. The average molecular weight is 695 g/mol. The van der Waals surface area contributed by atoms with E-state index in [2.05, 4.69) is 150 Å². The monoisotopic (exact) mass is 693 g/mol. The van der Waals surface area contributed by atoms with Crippen LogP contribution in [0.25, 0.3) is 22.1 Å². The Morgan fingerprint density at radius 1 is 0.723 bits per heavy atom. The summed E-state index contributed by atoms with van der Waals surface area (Å²) in [6, 6.07) is 12.8. The second kappa shape index (κ2) is 22.5. The van der Waals surface area contributed by atoms with E-state index >= 15 is 0 Å². The van der Waals surface area contributed by atoms with Crippen molar-refractivity contribution < 1.29 is 14.3 Å². The molecule has 2 aromatic heterocycles. The van der Waals surface area contributed by atoms with Crippen molar-refractivity contribution in [3.05, 3.63) is 60.2 Å². The Balaban J connectivity index is 0.000000325. The maximum absolute atomic E-state index is 10.0. The maximum atomic E-state index is 10.0. The second-order valence-corrected chi connectivity index (χ2v) is 13.0. The third-order valence-electron chi connectivity index (χ3n) is 5.93. The van der Waals surface area contributed by atoms with Crippen molar-refractivity contribution in [2.24, 2.45) is 0 Å². The maximum Gasteiger partial charge on any atom is 0.314 e. The third kappa shape index (κ3) is 18.1. The van der Waals surface area contributed by atoms with Crippen molar-refractivity contribution in [3.8, 4) is 0 Å². The first-order valence-electron chi connectivity index (χ1n) is 15.1. The van der Waals surface area contributed by atoms with Crippen LogP contribution in [0.2, 0.25) is 0 Å². The minimum atomic E-state index is -0.398. The molecule has 12 nitrogen and oxygen atoms in total. The van der Waals surface area contributed by atoms with Crippen molar-refractivity contribution >= 4 is 57.2 Å². The molecular formula is C33H53Cl2N9O3. The highest BCUT2D eigenvalue weighted by atomic mass is 35.5. The van der Waals surface area contributed by atoms with Gasteiger partial charge in [0.1, 0.15) is 0 Å². The molecule has 2 aromatic carbocycles. The lowest BCUT2D eigenvalue weighted by Gasteiger charge is -2.14. The molecule has 0 saturated carbocycles. The number of imidazole rings is 2. The Bertz CT molecular complexity index is 1450. The minimum absolute atomic E-state index is 0.194. The van der Waals surface area contributed by atoms with Gasteiger partial charge in [-0.2, -0.15) is 0 Å². The molecule has 5 rings (SSSR count). The lowest BCUT2D eigenvalue weighted by atomic mass is 10.2. The van der Waals surface area contributed by atoms with Gasteiger partial charge in [0.05, 0.1) is 59.6 Å². The summed E-state index contributed by atoms with van der Waals surface area (Å²) in [7, 11) is 20.6. The van der Waals surface area contributed by atoms with Crippen LogP contribution in [0, 0.1) is 0 Å². The quantitative estimate of drug-likeness (QED) is 0.122. The molecule has 0 amide bonds. The zero-order chi connectivity index (χ0) is 35.5. The molecule has 1 fully saturated rings. The van der Waals surface area contributed by atoms with Crippen LogP contribution in [0.4, 0.5) is 0 Å². The molecule has 0 spiro atoms. The summed E-state index contributed by atoms with van der Waals surface area (Å²) >= 11 is 9.53. The molecule has 0 bridgehead atoms. The molecule has 1 aliphatic rings. The third-order valence-corrected chi connectivity index (χ3v) is 5.93. The highest BCUT2D eigenvalue weighted by Gasteiger charge is 2.19. The summed E-state index contributed by atoms with van der Waals surface area (Å²) in [5.74, 6) is -0.796. The number of nitrogens with one attached hydrogen (secondary N) is 1. The molecule has 0 unspecified atom stereocenters. The van der Waals surface area contributed by atoms with Crippen LogP contribution in [0.3, 0.4) is 0 Å². The number of ether oxygens (including phenoxy) is 1. The van der Waals surface area contributed by atoms with Crippen molar-refractivity contribution in [3.63, 3.8) is 0 Å². The minimum Gasteiger partial charge on any atom is -0.393 e. The summed E-state index contributed by atoms with van der Waals surface area (Å²) in [4.78, 5) is 42.5. The number of cyclic esters (lactones) is 2. The van der Waals surface area contributed by atoms with Crippen molar-refractivity contribution in [1.82, 2.24) is 44.0 Å². The van der Waals surface area contributed by atoms with Gasteiger partial charge in [-0.25, -0.2) is 9.97 Å². The molecule has 0 radical (unpaired) electrons. The molecule has 47 heavy (non-hydrogen) atoms. The van der Waals surface area contributed by atoms with Gasteiger partial charge in [-0.15, -0.1) is 23.2 Å². The largest absolute Gasteiger partial charge is 0.393 e. The zero-order valence-corrected chi connectivity index (χ0v) is 31.1. The van der Waals surface area contributed by atoms with Gasteiger partial charge < -0.3 is 24.1 Å². The van der Waals surface area contributed by atoms with E-state index < -0.39 is 11.9 Å². The number of carbonyl (C=O) groups excluding carboxylic acids is 2. The summed E-state index contributed by atoms with van der Waals surface area (Å²) in [5, 5.41) is 0.194. The zero-order valence-electron chi connectivity index (χ0n) is 29.6. The topological polar surface area (TPSA) is 106 Å². The van der Waals surface area contributed by atoms with Gasteiger partial charge >= 0.3 is 11.9 Å². The van der Waals surface area contributed by atoms with Crippen LogP contribution in [-0.2, 0) is 34.1 Å². The average Bonchev–Trinajstić information content (AvgIpc) is 3.68. The number of halogens is 2. The second-order valence-electron chi connectivity index (χ2n) is 12.2. The molecule has 262 valence electrons. The number of benzene rings is 2. The summed E-state index contributed by atoms with van der Waals surface area (Å²) in [6.07, 6.45) is 4.16. The van der Waals surface area contributed by atoms with Crippen LogP contribution in [0.1, 0.15) is 24.0 Å².